The summed E-state index contributed by atoms with van der Waals surface area (Å²) in [7, 11) is 3.45. The lowest BCUT2D eigenvalue weighted by atomic mass is 9.88. The Labute approximate surface area is 271 Å². The third-order valence-corrected chi connectivity index (χ3v) is 10.7. The number of carboxylic acids is 2. The van der Waals surface area contributed by atoms with Crippen LogP contribution in [0.4, 0.5) is 0 Å². The molecule has 3 rings (SSSR count). The number of nitrogens with zero attached hydrogens (tertiary/aromatic N) is 4. The molecule has 1 aliphatic carbocycles. The van der Waals surface area contributed by atoms with Gasteiger partial charge in [0, 0.05) is 58.9 Å². The van der Waals surface area contributed by atoms with E-state index in [0.717, 1.165) is 45.4 Å². The monoisotopic (exact) mass is 674 g/mol. The van der Waals surface area contributed by atoms with E-state index >= 15 is 0 Å². The molecule has 1 aliphatic heterocycles. The number of sulfonamides is 1. The third kappa shape index (κ3) is 10.9. The predicted octanol–water partition coefficient (Wildman–Crippen LogP) is -0.156. The van der Waals surface area contributed by atoms with Crippen LogP contribution >= 0.6 is 0 Å². The standard InChI is InChI=1S/C26H44N4O5S.C4H6O6/c1-20-16-24(34-6)17-21(2)26(20)36(32,33)28(4)14-15-35-19-25(31)29(5)22-8-7-9-23(18-22)30-12-10-27(3)11-13-30;5-1(3(7)8)2(6)4(9)10/h16-17,22-23H,7-15,18-19H2,1-6H3;1-2,5-6H,(H,7,8)(H,9,10)/t;1-,2-/m.1/s1. The summed E-state index contributed by atoms with van der Waals surface area (Å²) < 4.78 is 38.4. The van der Waals surface area contributed by atoms with Crippen LogP contribution in [-0.4, -0.2) is 164 Å². The fourth-order valence-electron chi connectivity index (χ4n) is 5.65. The largest absolute Gasteiger partial charge is 0.497 e. The number of hydrogen-bond acceptors (Lipinski definition) is 11. The minimum atomic E-state index is -3.69. The summed E-state index contributed by atoms with van der Waals surface area (Å²) in [5.74, 6) is -2.96. The van der Waals surface area contributed by atoms with Gasteiger partial charge >= 0.3 is 11.9 Å². The molecule has 0 bridgehead atoms. The molecule has 4 N–H and O–H groups in total. The normalized spacial score (nSPS) is 20.7. The molecule has 15 nitrogen and oxygen atoms in total. The highest BCUT2D eigenvalue weighted by Gasteiger charge is 2.32. The minimum Gasteiger partial charge on any atom is -0.497 e. The third-order valence-electron chi connectivity index (χ3n) is 8.53. The molecule has 1 amide bonds. The predicted molar refractivity (Wildman–Crippen MR) is 168 cm³/mol. The molecule has 46 heavy (non-hydrogen) atoms. The van der Waals surface area contributed by atoms with Crippen molar-refractivity contribution in [2.24, 2.45) is 0 Å². The van der Waals surface area contributed by atoms with Gasteiger partial charge in [0.25, 0.3) is 0 Å². The quantitative estimate of drug-likeness (QED) is 0.202. The van der Waals surface area contributed by atoms with Crippen LogP contribution in [0.2, 0.25) is 0 Å². The Balaban J connectivity index is 0.000000634. The van der Waals surface area contributed by atoms with Crippen molar-refractivity contribution < 1.29 is 52.7 Å². The second-order valence-corrected chi connectivity index (χ2v) is 13.8. The Morgan fingerprint density at radius 2 is 1.52 bits per heavy atom. The Kier molecular flexibility index (Phi) is 15.3. The molecule has 1 heterocycles. The van der Waals surface area contributed by atoms with Gasteiger partial charge < -0.3 is 39.7 Å². The number of aliphatic hydroxyl groups is 2. The average Bonchev–Trinajstić information content (AvgIpc) is 3.01. The van der Waals surface area contributed by atoms with Gasteiger partial charge in [0.15, 0.2) is 12.2 Å². The van der Waals surface area contributed by atoms with Crippen molar-refractivity contribution in [2.45, 2.75) is 68.7 Å². The van der Waals surface area contributed by atoms with Crippen LogP contribution in [0.5, 0.6) is 5.75 Å². The van der Waals surface area contributed by atoms with Crippen molar-refractivity contribution in [1.29, 1.82) is 0 Å². The maximum atomic E-state index is 13.1. The highest BCUT2D eigenvalue weighted by atomic mass is 32.2. The zero-order chi connectivity index (χ0) is 34.8. The van der Waals surface area contributed by atoms with Crippen molar-refractivity contribution in [3.63, 3.8) is 0 Å². The molecule has 2 unspecified atom stereocenters. The SMILES string of the molecule is COc1cc(C)c(S(=O)(=O)N(C)CCOCC(=O)N(C)C2CCCC(N3CCN(C)CC3)C2)c(C)c1.O=C(O)[C@H](O)[C@@H](O)C(=O)O. The summed E-state index contributed by atoms with van der Waals surface area (Å²) in [6.07, 6.45) is -0.170. The number of benzene rings is 1. The van der Waals surface area contributed by atoms with Gasteiger partial charge in [-0.05, 0) is 69.8 Å². The summed E-state index contributed by atoms with van der Waals surface area (Å²) in [6.45, 7) is 8.21. The first-order valence-electron chi connectivity index (χ1n) is 15.2. The topological polar surface area (TPSA) is 198 Å². The van der Waals surface area contributed by atoms with E-state index in [1.54, 1.807) is 33.1 Å². The summed E-state index contributed by atoms with van der Waals surface area (Å²) in [5, 5.41) is 32.5. The maximum Gasteiger partial charge on any atom is 0.335 e. The van der Waals surface area contributed by atoms with Gasteiger partial charge in [-0.1, -0.05) is 0 Å². The number of hydrogen-bond donors (Lipinski definition) is 4. The number of piperazine rings is 1. The Morgan fingerprint density at radius 3 is 2.02 bits per heavy atom. The Hall–Kier alpha value is -2.86. The van der Waals surface area contributed by atoms with Crippen molar-refractivity contribution in [1.82, 2.24) is 19.0 Å². The van der Waals surface area contributed by atoms with Crippen LogP contribution in [-0.2, 0) is 29.1 Å². The van der Waals surface area contributed by atoms with Crippen molar-refractivity contribution in [2.75, 3.05) is 74.2 Å². The minimum absolute atomic E-state index is 0.0410. The lowest BCUT2D eigenvalue weighted by Crippen LogP contribution is -2.52. The number of likely N-dealkylation sites (N-methyl/N-ethyl adjacent to an activating group) is 3. The van der Waals surface area contributed by atoms with Gasteiger partial charge in [-0.25, -0.2) is 18.0 Å². The number of aliphatic carboxylic acids is 2. The number of rotatable bonds is 13. The second-order valence-electron chi connectivity index (χ2n) is 11.9. The number of ether oxygens (including phenoxy) is 2. The molecular formula is C30H50N4O11S. The molecule has 0 aromatic heterocycles. The first-order chi connectivity index (χ1) is 21.5. The van der Waals surface area contributed by atoms with Crippen molar-refractivity contribution >= 4 is 27.9 Å². The Morgan fingerprint density at radius 1 is 0.978 bits per heavy atom. The summed E-state index contributed by atoms with van der Waals surface area (Å²) in [4.78, 5) is 39.4. The van der Waals surface area contributed by atoms with E-state index in [2.05, 4.69) is 16.8 Å². The van der Waals surface area contributed by atoms with Crippen LogP contribution in [0.1, 0.15) is 36.8 Å². The molecule has 2 aliphatic rings. The van der Waals surface area contributed by atoms with Crippen LogP contribution < -0.4 is 4.74 Å². The molecule has 1 aromatic rings. The van der Waals surface area contributed by atoms with E-state index in [1.165, 1.54) is 17.8 Å². The van der Waals surface area contributed by atoms with Gasteiger partial charge in [0.1, 0.15) is 12.4 Å². The molecule has 0 spiro atoms. The van der Waals surface area contributed by atoms with Crippen LogP contribution in [0.25, 0.3) is 0 Å². The molecule has 1 aromatic carbocycles. The number of methoxy groups -OCH3 is 1. The fraction of sp³-hybridized carbons (Fsp3) is 0.700. The molecule has 2 fully saturated rings. The highest BCUT2D eigenvalue weighted by Crippen LogP contribution is 2.28. The van der Waals surface area contributed by atoms with E-state index < -0.39 is 34.2 Å². The van der Waals surface area contributed by atoms with E-state index in [1.807, 2.05) is 11.9 Å². The zero-order valence-electron chi connectivity index (χ0n) is 27.6. The number of carbonyl (C=O) groups is 3. The molecule has 1 saturated heterocycles. The molecular weight excluding hydrogens is 624 g/mol. The first-order valence-corrected chi connectivity index (χ1v) is 16.6. The molecule has 1 saturated carbocycles. The molecule has 16 heteroatoms. The first kappa shape index (κ1) is 39.3. The van der Waals surface area contributed by atoms with Crippen molar-refractivity contribution in [3.8, 4) is 5.75 Å². The van der Waals surface area contributed by atoms with Gasteiger partial charge in [-0.15, -0.1) is 0 Å². The number of amides is 1. The fourth-order valence-corrected chi connectivity index (χ4v) is 7.21. The number of carboxylic acid groups (broad SMARTS) is 2. The summed E-state index contributed by atoms with van der Waals surface area (Å²) in [6, 6.07) is 4.21. The molecule has 262 valence electrons. The number of carbonyl (C=O) groups excluding carboxylic acids is 1. The molecule has 0 radical (unpaired) electrons. The van der Waals surface area contributed by atoms with Crippen LogP contribution in [0, 0.1) is 13.8 Å². The van der Waals surface area contributed by atoms with E-state index in [0.29, 0.717) is 22.9 Å². The van der Waals surface area contributed by atoms with Crippen molar-refractivity contribution in [3.05, 3.63) is 23.3 Å². The Bertz CT molecular complexity index is 1250. The summed E-state index contributed by atoms with van der Waals surface area (Å²) >= 11 is 0. The van der Waals surface area contributed by atoms with E-state index in [4.69, 9.17) is 29.9 Å². The van der Waals surface area contributed by atoms with E-state index in [9.17, 15) is 22.8 Å². The second kappa shape index (κ2) is 17.9. The van der Waals surface area contributed by atoms with Crippen LogP contribution in [0.3, 0.4) is 0 Å². The summed E-state index contributed by atoms with van der Waals surface area (Å²) in [5.41, 5.74) is 1.28. The average molecular weight is 675 g/mol. The highest BCUT2D eigenvalue weighted by molar-refractivity contribution is 7.89. The van der Waals surface area contributed by atoms with Gasteiger partial charge in [-0.3, -0.25) is 9.69 Å². The van der Waals surface area contributed by atoms with E-state index in [-0.39, 0.29) is 36.6 Å². The molecule has 4 atom stereocenters. The zero-order valence-corrected chi connectivity index (χ0v) is 28.4. The number of aliphatic hydroxyl groups excluding tert-OH is 2. The maximum absolute atomic E-state index is 13.1. The van der Waals surface area contributed by atoms with Gasteiger partial charge in [0.2, 0.25) is 15.9 Å². The smallest absolute Gasteiger partial charge is 0.335 e. The number of aryl methyl sites for hydroxylation is 2. The van der Waals surface area contributed by atoms with Gasteiger partial charge in [0.05, 0.1) is 18.6 Å². The van der Waals surface area contributed by atoms with Gasteiger partial charge in [-0.2, -0.15) is 4.31 Å². The van der Waals surface area contributed by atoms with Crippen LogP contribution in [0.15, 0.2) is 17.0 Å². The lowest BCUT2D eigenvalue weighted by molar-refractivity contribution is -0.165. The lowest BCUT2D eigenvalue weighted by Gasteiger charge is -2.43.